The summed E-state index contributed by atoms with van der Waals surface area (Å²) in [5, 5.41) is 2.89. The van der Waals surface area contributed by atoms with Crippen LogP contribution in [0.15, 0.2) is 65.5 Å². The summed E-state index contributed by atoms with van der Waals surface area (Å²) < 4.78 is 5.58. The van der Waals surface area contributed by atoms with Gasteiger partial charge in [0.25, 0.3) is 5.91 Å². The molecule has 5 heteroatoms. The third-order valence-corrected chi connectivity index (χ3v) is 5.37. The third-order valence-electron chi connectivity index (χ3n) is 5.37. The van der Waals surface area contributed by atoms with Gasteiger partial charge in [-0.1, -0.05) is 63.8 Å². The number of nitrogens with one attached hydrogen (secondary N) is 1. The van der Waals surface area contributed by atoms with Gasteiger partial charge in [0.1, 0.15) is 6.26 Å². The van der Waals surface area contributed by atoms with Gasteiger partial charge in [-0.2, -0.15) is 0 Å². The summed E-state index contributed by atoms with van der Waals surface area (Å²) in [5.74, 6) is 0.256. The van der Waals surface area contributed by atoms with E-state index in [9.17, 15) is 4.79 Å². The van der Waals surface area contributed by atoms with Crippen molar-refractivity contribution in [2.24, 2.45) is 0 Å². The maximum absolute atomic E-state index is 12.3. The maximum atomic E-state index is 12.3. The van der Waals surface area contributed by atoms with Crippen molar-refractivity contribution in [3.8, 4) is 11.5 Å². The van der Waals surface area contributed by atoms with Gasteiger partial charge in [0.15, 0.2) is 5.69 Å². The van der Waals surface area contributed by atoms with Gasteiger partial charge in [0, 0.05) is 30.1 Å². The number of carbonyl (C=O) groups is 1. The Morgan fingerprint density at radius 1 is 1.00 bits per heavy atom. The minimum absolute atomic E-state index is 0.193. The van der Waals surface area contributed by atoms with Crippen LogP contribution in [0.2, 0.25) is 0 Å². The van der Waals surface area contributed by atoms with E-state index in [1.54, 1.807) is 6.20 Å². The van der Waals surface area contributed by atoms with E-state index in [4.69, 9.17) is 4.42 Å². The highest BCUT2D eigenvalue weighted by Crippen LogP contribution is 2.27. The van der Waals surface area contributed by atoms with E-state index in [0.717, 1.165) is 42.4 Å². The topological polar surface area (TPSA) is 68.0 Å². The van der Waals surface area contributed by atoms with Crippen molar-refractivity contribution >= 4 is 11.5 Å². The molecule has 0 spiro atoms. The van der Waals surface area contributed by atoms with Gasteiger partial charge in [0.2, 0.25) is 5.89 Å². The molecule has 0 aliphatic rings. The zero-order valence-corrected chi connectivity index (χ0v) is 19.1. The van der Waals surface area contributed by atoms with Crippen LogP contribution in [0.25, 0.3) is 17.0 Å². The molecule has 2 heterocycles. The number of unbranched alkanes of at least 4 members (excludes halogenated alkanes) is 5. The lowest BCUT2D eigenvalue weighted by molar-refractivity contribution is 0.0948. The van der Waals surface area contributed by atoms with Crippen molar-refractivity contribution in [2.45, 2.75) is 58.8 Å². The van der Waals surface area contributed by atoms with Crippen LogP contribution in [0.3, 0.4) is 0 Å². The quantitative estimate of drug-likeness (QED) is 0.325. The molecular weight excluding hydrogens is 398 g/mol. The first-order valence-corrected chi connectivity index (χ1v) is 11.7. The number of hydrogen-bond donors (Lipinski definition) is 1. The third kappa shape index (κ3) is 6.64. The molecule has 3 aromatic rings. The number of pyridine rings is 1. The molecule has 1 N–H and O–H groups in total. The van der Waals surface area contributed by atoms with Crippen molar-refractivity contribution in [3.63, 3.8) is 0 Å². The zero-order valence-electron chi connectivity index (χ0n) is 19.1. The van der Waals surface area contributed by atoms with E-state index in [2.05, 4.69) is 53.4 Å². The highest BCUT2D eigenvalue weighted by Gasteiger charge is 2.13. The summed E-state index contributed by atoms with van der Waals surface area (Å²) in [6.45, 7) is 5.01. The monoisotopic (exact) mass is 431 g/mol. The Morgan fingerprint density at radius 2 is 1.78 bits per heavy atom. The smallest absolute Gasteiger partial charge is 0.273 e. The van der Waals surface area contributed by atoms with Crippen molar-refractivity contribution in [1.82, 2.24) is 15.3 Å². The van der Waals surface area contributed by atoms with Crippen LogP contribution in [-0.4, -0.2) is 22.4 Å². The Kier molecular flexibility index (Phi) is 9.23. The van der Waals surface area contributed by atoms with E-state index >= 15 is 0 Å². The summed E-state index contributed by atoms with van der Waals surface area (Å²) >= 11 is 0. The van der Waals surface area contributed by atoms with E-state index in [1.165, 1.54) is 31.1 Å². The van der Waals surface area contributed by atoms with Gasteiger partial charge in [0.05, 0.1) is 0 Å². The highest BCUT2D eigenvalue weighted by molar-refractivity contribution is 5.92. The van der Waals surface area contributed by atoms with Crippen LogP contribution in [-0.2, 0) is 0 Å². The van der Waals surface area contributed by atoms with E-state index in [0.29, 0.717) is 18.1 Å². The Bertz CT molecular complexity index is 991. The highest BCUT2D eigenvalue weighted by atomic mass is 16.3. The lowest BCUT2D eigenvalue weighted by atomic mass is 9.96. The van der Waals surface area contributed by atoms with E-state index in [1.807, 2.05) is 24.4 Å². The van der Waals surface area contributed by atoms with Crippen LogP contribution in [0.1, 0.15) is 80.4 Å². The summed E-state index contributed by atoms with van der Waals surface area (Å²) in [6.07, 6.45) is 15.3. The van der Waals surface area contributed by atoms with Crippen LogP contribution < -0.4 is 5.32 Å². The molecule has 1 amide bonds. The van der Waals surface area contributed by atoms with Crippen molar-refractivity contribution in [1.29, 1.82) is 0 Å². The van der Waals surface area contributed by atoms with Crippen molar-refractivity contribution in [2.75, 3.05) is 6.54 Å². The number of nitrogens with zero attached hydrogens (tertiary/aromatic N) is 2. The lowest BCUT2D eigenvalue weighted by Gasteiger charge is -2.09. The average molecular weight is 432 g/mol. The fourth-order valence-electron chi connectivity index (χ4n) is 3.54. The molecule has 3 rings (SSSR count). The molecule has 0 unspecified atom stereocenters. The minimum Gasteiger partial charge on any atom is -0.444 e. The molecule has 0 bridgehead atoms. The normalized spacial score (nSPS) is 11.5. The number of amides is 1. The van der Waals surface area contributed by atoms with Crippen LogP contribution in [0, 0.1) is 0 Å². The second-order valence-electron chi connectivity index (χ2n) is 7.93. The number of rotatable bonds is 12. The van der Waals surface area contributed by atoms with Gasteiger partial charge in [-0.15, -0.1) is 0 Å². The molecule has 0 aliphatic carbocycles. The van der Waals surface area contributed by atoms with E-state index in [-0.39, 0.29) is 5.91 Å². The predicted molar refractivity (Wildman–Crippen MR) is 129 cm³/mol. The fourth-order valence-corrected chi connectivity index (χ4v) is 3.54. The van der Waals surface area contributed by atoms with Crippen LogP contribution in [0.5, 0.6) is 0 Å². The summed E-state index contributed by atoms with van der Waals surface area (Å²) in [7, 11) is 0. The van der Waals surface area contributed by atoms with Crippen LogP contribution in [0.4, 0.5) is 0 Å². The molecule has 0 saturated heterocycles. The Labute approximate surface area is 191 Å². The second kappa shape index (κ2) is 12.6. The van der Waals surface area contributed by atoms with Crippen molar-refractivity contribution < 1.29 is 9.21 Å². The number of allylic oxidation sites excluding steroid dienone is 1. The largest absolute Gasteiger partial charge is 0.444 e. The van der Waals surface area contributed by atoms with E-state index < -0.39 is 0 Å². The molecule has 5 nitrogen and oxygen atoms in total. The molecule has 168 valence electrons. The lowest BCUT2D eigenvalue weighted by Crippen LogP contribution is -2.24. The number of hydrogen-bond acceptors (Lipinski definition) is 4. The molecule has 1 aromatic carbocycles. The predicted octanol–water partition coefficient (Wildman–Crippen LogP) is 6.67. The summed E-state index contributed by atoms with van der Waals surface area (Å²) in [6, 6.07) is 12.2. The van der Waals surface area contributed by atoms with Gasteiger partial charge < -0.3 is 9.73 Å². The molecular formula is C27H33N3O2. The Hall–Kier alpha value is -3.21. The summed E-state index contributed by atoms with van der Waals surface area (Å²) in [5.41, 5.74) is 4.57. The first-order valence-electron chi connectivity index (χ1n) is 11.7. The number of carbonyl (C=O) groups excluding carboxylic acids is 1. The van der Waals surface area contributed by atoms with Crippen molar-refractivity contribution in [3.05, 3.63) is 78.0 Å². The van der Waals surface area contributed by atoms with Gasteiger partial charge in [-0.25, -0.2) is 4.98 Å². The number of benzene rings is 1. The summed E-state index contributed by atoms with van der Waals surface area (Å²) in [4.78, 5) is 20.9. The maximum Gasteiger partial charge on any atom is 0.273 e. The molecule has 0 aliphatic heterocycles. The fraction of sp³-hybridized carbons (Fsp3) is 0.370. The standard InChI is InChI=1S/C27H33N3O2/c1-3-5-7-8-12-24(23-11-10-17-28-19-23)21-13-15-22(16-14-21)27-30-25(20-32-27)26(31)29-18-9-6-4-2/h10-17,19-20H,3-9,18H2,1-2H3,(H,29,31). The first-order chi connectivity index (χ1) is 15.7. The Balaban J connectivity index is 1.73. The molecule has 32 heavy (non-hydrogen) atoms. The molecule has 0 radical (unpaired) electrons. The molecule has 2 aromatic heterocycles. The average Bonchev–Trinajstić information content (AvgIpc) is 3.33. The number of aromatic nitrogens is 2. The molecule has 0 atom stereocenters. The van der Waals surface area contributed by atoms with Gasteiger partial charge >= 0.3 is 0 Å². The Morgan fingerprint density at radius 3 is 2.50 bits per heavy atom. The number of oxazole rings is 1. The minimum atomic E-state index is -0.193. The van der Waals surface area contributed by atoms with Gasteiger partial charge in [-0.3, -0.25) is 9.78 Å². The van der Waals surface area contributed by atoms with Gasteiger partial charge in [-0.05, 0) is 48.6 Å². The first kappa shape index (κ1) is 23.5. The van der Waals surface area contributed by atoms with Crippen LogP contribution >= 0.6 is 0 Å². The molecule has 0 fully saturated rings. The SMILES string of the molecule is CCCCCC=C(c1ccc(-c2nc(C(=O)NCCCCC)co2)cc1)c1cccnc1. The second-order valence-corrected chi connectivity index (χ2v) is 7.93. The molecule has 0 saturated carbocycles. The zero-order chi connectivity index (χ0) is 22.6.